The summed E-state index contributed by atoms with van der Waals surface area (Å²) in [5, 5.41) is 10.5. The Hall–Kier alpha value is -1.59. The number of nitrogens with zero attached hydrogens (tertiary/aromatic N) is 2. The van der Waals surface area contributed by atoms with Crippen LogP contribution in [0.15, 0.2) is 30.3 Å². The average Bonchev–Trinajstić information content (AvgIpc) is 2.90. The SMILES string of the molecule is CCC(CC)N(CCO)c1snc(N)c1-c1ccccc1. The molecule has 0 aliphatic carbocycles. The molecule has 2 rings (SSSR count). The lowest BCUT2D eigenvalue weighted by Gasteiger charge is -2.31. The number of nitrogen functional groups attached to an aromatic ring is 1. The van der Waals surface area contributed by atoms with E-state index in [1.165, 1.54) is 11.5 Å². The van der Waals surface area contributed by atoms with Crippen LogP contribution in [-0.2, 0) is 0 Å². The summed E-state index contributed by atoms with van der Waals surface area (Å²) in [4.78, 5) is 2.25. The highest BCUT2D eigenvalue weighted by atomic mass is 32.1. The van der Waals surface area contributed by atoms with Gasteiger partial charge in [0, 0.05) is 12.6 Å². The van der Waals surface area contributed by atoms with Crippen molar-refractivity contribution in [1.29, 1.82) is 0 Å². The van der Waals surface area contributed by atoms with E-state index in [-0.39, 0.29) is 6.61 Å². The predicted octanol–water partition coefficient (Wildman–Crippen LogP) is 3.38. The van der Waals surface area contributed by atoms with Gasteiger partial charge in [-0.25, -0.2) is 0 Å². The minimum absolute atomic E-state index is 0.128. The fraction of sp³-hybridized carbons (Fsp3) is 0.438. The third kappa shape index (κ3) is 3.36. The van der Waals surface area contributed by atoms with Crippen molar-refractivity contribution in [2.75, 3.05) is 23.8 Å². The number of benzene rings is 1. The predicted molar refractivity (Wildman–Crippen MR) is 90.8 cm³/mol. The van der Waals surface area contributed by atoms with E-state index in [4.69, 9.17) is 5.73 Å². The Labute approximate surface area is 130 Å². The molecule has 0 spiro atoms. The van der Waals surface area contributed by atoms with Crippen molar-refractivity contribution in [3.8, 4) is 11.1 Å². The first kappa shape index (κ1) is 15.8. The molecule has 0 atom stereocenters. The van der Waals surface area contributed by atoms with Crippen LogP contribution in [0.2, 0.25) is 0 Å². The monoisotopic (exact) mass is 305 g/mol. The molecular weight excluding hydrogens is 282 g/mol. The highest BCUT2D eigenvalue weighted by Gasteiger charge is 2.23. The fourth-order valence-electron chi connectivity index (χ4n) is 2.65. The van der Waals surface area contributed by atoms with Crippen molar-refractivity contribution >= 4 is 22.4 Å². The first-order valence-electron chi connectivity index (χ1n) is 7.40. The summed E-state index contributed by atoms with van der Waals surface area (Å²) in [5.41, 5.74) is 8.16. The Balaban J connectivity index is 2.47. The lowest BCUT2D eigenvalue weighted by molar-refractivity contribution is 0.296. The number of rotatable bonds is 7. The normalized spacial score (nSPS) is 11.0. The molecule has 0 saturated heterocycles. The van der Waals surface area contributed by atoms with Gasteiger partial charge in [0.05, 0.1) is 12.2 Å². The van der Waals surface area contributed by atoms with E-state index in [0.717, 1.165) is 29.0 Å². The average molecular weight is 305 g/mol. The van der Waals surface area contributed by atoms with Crippen LogP contribution in [0, 0.1) is 0 Å². The summed E-state index contributed by atoms with van der Waals surface area (Å²) in [6.45, 7) is 5.08. The second-order valence-electron chi connectivity index (χ2n) is 5.00. The van der Waals surface area contributed by atoms with Gasteiger partial charge in [-0.15, -0.1) is 0 Å². The zero-order valence-corrected chi connectivity index (χ0v) is 13.4. The van der Waals surface area contributed by atoms with E-state index >= 15 is 0 Å². The van der Waals surface area contributed by atoms with Crippen LogP contribution in [0.3, 0.4) is 0 Å². The maximum atomic E-state index is 9.42. The van der Waals surface area contributed by atoms with E-state index in [2.05, 4.69) is 23.1 Å². The smallest absolute Gasteiger partial charge is 0.147 e. The Kier molecular flexibility index (Phi) is 5.59. The molecule has 1 aromatic carbocycles. The summed E-state index contributed by atoms with van der Waals surface area (Å²) in [7, 11) is 0. The van der Waals surface area contributed by atoms with Crippen molar-refractivity contribution in [2.45, 2.75) is 32.7 Å². The van der Waals surface area contributed by atoms with Crippen molar-refractivity contribution in [1.82, 2.24) is 4.37 Å². The molecule has 0 unspecified atom stereocenters. The minimum atomic E-state index is 0.128. The first-order valence-corrected chi connectivity index (χ1v) is 8.18. The lowest BCUT2D eigenvalue weighted by atomic mass is 10.1. The zero-order chi connectivity index (χ0) is 15.2. The van der Waals surface area contributed by atoms with Gasteiger partial charge in [0.25, 0.3) is 0 Å². The van der Waals surface area contributed by atoms with Gasteiger partial charge in [-0.05, 0) is 29.9 Å². The second-order valence-corrected chi connectivity index (χ2v) is 5.75. The number of nitrogens with two attached hydrogens (primary N) is 1. The molecule has 21 heavy (non-hydrogen) atoms. The van der Waals surface area contributed by atoms with Gasteiger partial charge in [-0.2, -0.15) is 4.37 Å². The molecule has 114 valence electrons. The molecule has 2 aromatic rings. The van der Waals surface area contributed by atoms with Crippen LogP contribution in [0.1, 0.15) is 26.7 Å². The van der Waals surface area contributed by atoms with Crippen molar-refractivity contribution in [2.24, 2.45) is 0 Å². The number of hydrogen-bond donors (Lipinski definition) is 2. The molecule has 0 bridgehead atoms. The molecule has 0 aliphatic heterocycles. The summed E-state index contributed by atoms with van der Waals surface area (Å²) >= 11 is 1.42. The second kappa shape index (κ2) is 7.43. The van der Waals surface area contributed by atoms with Gasteiger partial charge in [0.2, 0.25) is 0 Å². The van der Waals surface area contributed by atoms with E-state index < -0.39 is 0 Å². The lowest BCUT2D eigenvalue weighted by Crippen LogP contribution is -2.36. The highest BCUT2D eigenvalue weighted by Crippen LogP contribution is 2.40. The van der Waals surface area contributed by atoms with Gasteiger partial charge < -0.3 is 15.7 Å². The summed E-state index contributed by atoms with van der Waals surface area (Å²) in [5.74, 6) is 0.565. The maximum absolute atomic E-state index is 9.42. The Morgan fingerprint density at radius 3 is 2.48 bits per heavy atom. The van der Waals surface area contributed by atoms with Crippen molar-refractivity contribution in [3.05, 3.63) is 30.3 Å². The van der Waals surface area contributed by atoms with E-state index in [0.29, 0.717) is 18.4 Å². The standard InChI is InChI=1S/C16H23N3OS/c1-3-13(4-2)19(10-11-20)16-14(15(17)18-21-16)12-8-6-5-7-9-12/h5-9,13,20H,3-4,10-11H2,1-2H3,(H2,17,18). The first-order chi connectivity index (χ1) is 10.2. The highest BCUT2D eigenvalue weighted by molar-refractivity contribution is 7.11. The molecule has 5 heteroatoms. The van der Waals surface area contributed by atoms with Crippen LogP contribution in [0.25, 0.3) is 11.1 Å². The number of aromatic nitrogens is 1. The maximum Gasteiger partial charge on any atom is 0.147 e. The minimum Gasteiger partial charge on any atom is -0.395 e. The summed E-state index contributed by atoms with van der Waals surface area (Å²) in [6.07, 6.45) is 2.06. The topological polar surface area (TPSA) is 62.4 Å². The van der Waals surface area contributed by atoms with Crippen molar-refractivity contribution < 1.29 is 5.11 Å². The number of aliphatic hydroxyl groups excluding tert-OH is 1. The molecule has 0 saturated carbocycles. The summed E-state index contributed by atoms with van der Waals surface area (Å²) < 4.78 is 4.34. The van der Waals surface area contributed by atoms with Gasteiger partial charge in [0.1, 0.15) is 10.8 Å². The Morgan fingerprint density at radius 2 is 1.90 bits per heavy atom. The van der Waals surface area contributed by atoms with Gasteiger partial charge >= 0.3 is 0 Å². The van der Waals surface area contributed by atoms with Gasteiger partial charge in [-0.1, -0.05) is 44.2 Å². The van der Waals surface area contributed by atoms with Crippen LogP contribution in [0.4, 0.5) is 10.8 Å². The van der Waals surface area contributed by atoms with E-state index in [9.17, 15) is 5.11 Å². The number of anilines is 2. The van der Waals surface area contributed by atoms with Crippen LogP contribution in [-0.4, -0.2) is 28.7 Å². The molecule has 0 radical (unpaired) electrons. The van der Waals surface area contributed by atoms with Crippen LogP contribution >= 0.6 is 11.5 Å². The Morgan fingerprint density at radius 1 is 1.24 bits per heavy atom. The molecule has 0 aliphatic rings. The quantitative estimate of drug-likeness (QED) is 0.823. The fourth-order valence-corrected chi connectivity index (χ4v) is 3.59. The zero-order valence-electron chi connectivity index (χ0n) is 12.6. The molecule has 0 fully saturated rings. The third-order valence-electron chi connectivity index (χ3n) is 3.75. The molecule has 1 heterocycles. The van der Waals surface area contributed by atoms with Crippen molar-refractivity contribution in [3.63, 3.8) is 0 Å². The number of hydrogen-bond acceptors (Lipinski definition) is 5. The summed E-state index contributed by atoms with van der Waals surface area (Å²) in [6, 6.07) is 10.5. The molecule has 3 N–H and O–H groups in total. The van der Waals surface area contributed by atoms with Crippen LogP contribution < -0.4 is 10.6 Å². The van der Waals surface area contributed by atoms with E-state index in [1.807, 2.05) is 30.3 Å². The molecule has 0 amide bonds. The van der Waals surface area contributed by atoms with Gasteiger partial charge in [0.15, 0.2) is 0 Å². The molecular formula is C16H23N3OS. The Bertz CT molecular complexity index is 552. The largest absolute Gasteiger partial charge is 0.395 e. The number of aliphatic hydroxyl groups is 1. The van der Waals surface area contributed by atoms with E-state index in [1.54, 1.807) is 0 Å². The third-order valence-corrected chi connectivity index (χ3v) is 4.65. The van der Waals surface area contributed by atoms with Crippen LogP contribution in [0.5, 0.6) is 0 Å². The van der Waals surface area contributed by atoms with Gasteiger partial charge in [-0.3, -0.25) is 0 Å². The molecule has 4 nitrogen and oxygen atoms in total. The molecule has 1 aromatic heterocycles.